The lowest BCUT2D eigenvalue weighted by atomic mass is 9.45. The Morgan fingerprint density at radius 1 is 1.13 bits per heavy atom. The van der Waals surface area contributed by atoms with Crippen molar-refractivity contribution in [3.05, 3.63) is 11.6 Å². The van der Waals surface area contributed by atoms with Crippen LogP contribution >= 0.6 is 0 Å². The number of fused-ring (bicyclic) bond motifs is 5. The smallest absolute Gasteiger partial charge is 0.184 e. The van der Waals surface area contributed by atoms with E-state index in [4.69, 9.17) is 9.16 Å². The minimum atomic E-state index is -1.58. The van der Waals surface area contributed by atoms with E-state index >= 15 is 0 Å². The molecule has 8 atom stereocenters. The number of hydrogen-bond acceptors (Lipinski definition) is 3. The first kappa shape index (κ1) is 22.7. The van der Waals surface area contributed by atoms with E-state index in [0.717, 1.165) is 32.3 Å². The summed E-state index contributed by atoms with van der Waals surface area (Å²) in [5.74, 6) is 2.54. The van der Waals surface area contributed by atoms with Crippen molar-refractivity contribution in [3.63, 3.8) is 0 Å². The van der Waals surface area contributed by atoms with Gasteiger partial charge in [-0.25, -0.2) is 0 Å². The fourth-order valence-corrected chi connectivity index (χ4v) is 9.11. The van der Waals surface area contributed by atoms with E-state index in [1.54, 1.807) is 0 Å². The molecule has 4 aliphatic carbocycles. The Hall–Kier alpha value is -0.453. The summed E-state index contributed by atoms with van der Waals surface area (Å²) in [6.45, 7) is 14.9. The third-order valence-corrected chi connectivity index (χ3v) is 10.2. The SMILES string of the molecule is CCCO[C@H]1CC[C@H]2[C@@H]3C(C)CC4=C[C@@H](O[Si](C)(C)C)CC[C@]4(C=O)[C@H]3CC[C@]12C. The van der Waals surface area contributed by atoms with Crippen LogP contribution in [-0.2, 0) is 14.0 Å². The molecule has 0 aliphatic heterocycles. The van der Waals surface area contributed by atoms with Crippen molar-refractivity contribution in [1.29, 1.82) is 0 Å². The Bertz CT molecular complexity index is 682. The standard InChI is InChI=1S/C26H44O3Si/c1-7-14-28-23-9-8-21-24-18(2)15-19-16-20(29-30(4,5)6)10-13-26(19,17-27)22(24)11-12-25(21,23)3/h16-18,20-24H,7-15H2,1-6H3/t18?,20-,21-,22-,23-,24-,25-,26+/m0/s1. The maximum absolute atomic E-state index is 12.7. The fourth-order valence-electron chi connectivity index (χ4n) is 8.01. The Kier molecular flexibility index (Phi) is 6.18. The molecule has 0 heterocycles. The predicted octanol–water partition coefficient (Wildman–Crippen LogP) is 6.39. The number of aldehydes is 1. The molecule has 0 aromatic heterocycles. The van der Waals surface area contributed by atoms with E-state index in [9.17, 15) is 4.79 Å². The summed E-state index contributed by atoms with van der Waals surface area (Å²) < 4.78 is 12.8. The number of carbonyl (C=O) groups is 1. The van der Waals surface area contributed by atoms with E-state index in [0.29, 0.717) is 35.2 Å². The summed E-state index contributed by atoms with van der Waals surface area (Å²) in [4.78, 5) is 12.7. The summed E-state index contributed by atoms with van der Waals surface area (Å²) in [6, 6.07) is 0. The van der Waals surface area contributed by atoms with Gasteiger partial charge in [-0.2, -0.15) is 0 Å². The molecule has 0 spiro atoms. The molecule has 3 fully saturated rings. The van der Waals surface area contributed by atoms with Crippen molar-refractivity contribution in [2.75, 3.05) is 6.61 Å². The van der Waals surface area contributed by atoms with Gasteiger partial charge in [-0.15, -0.1) is 0 Å². The van der Waals surface area contributed by atoms with Crippen LogP contribution in [0, 0.1) is 34.5 Å². The van der Waals surface area contributed by atoms with Gasteiger partial charge in [0.15, 0.2) is 8.32 Å². The Morgan fingerprint density at radius 2 is 1.90 bits per heavy atom. The maximum atomic E-state index is 12.7. The molecule has 170 valence electrons. The third-order valence-electron chi connectivity index (χ3n) is 9.17. The fraction of sp³-hybridized carbons (Fsp3) is 0.885. The van der Waals surface area contributed by atoms with E-state index in [2.05, 4.69) is 46.5 Å². The number of ether oxygens (including phenoxy) is 1. The highest BCUT2D eigenvalue weighted by Gasteiger charge is 2.62. The number of allylic oxidation sites excluding steroid dienone is 1. The zero-order chi connectivity index (χ0) is 21.7. The molecule has 3 saturated carbocycles. The highest BCUT2D eigenvalue weighted by Crippen LogP contribution is 2.66. The van der Waals surface area contributed by atoms with Crippen molar-refractivity contribution >= 4 is 14.6 Å². The normalized spacial score (nSPS) is 45.9. The lowest BCUT2D eigenvalue weighted by Crippen LogP contribution is -2.55. The monoisotopic (exact) mass is 432 g/mol. The molecule has 0 N–H and O–H groups in total. The second-order valence-corrected chi connectivity index (χ2v) is 16.6. The van der Waals surface area contributed by atoms with Crippen LogP contribution in [0.4, 0.5) is 0 Å². The first-order valence-corrected chi connectivity index (χ1v) is 16.0. The van der Waals surface area contributed by atoms with Crippen LogP contribution in [0.1, 0.15) is 72.1 Å². The van der Waals surface area contributed by atoms with E-state index in [1.165, 1.54) is 37.5 Å². The lowest BCUT2D eigenvalue weighted by molar-refractivity contribution is -0.136. The van der Waals surface area contributed by atoms with Crippen LogP contribution < -0.4 is 0 Å². The molecule has 0 aromatic carbocycles. The molecule has 1 unspecified atom stereocenters. The summed E-state index contributed by atoms with van der Waals surface area (Å²) >= 11 is 0. The van der Waals surface area contributed by atoms with Gasteiger partial charge in [0.05, 0.1) is 17.6 Å². The molecule has 3 nitrogen and oxygen atoms in total. The second-order valence-electron chi connectivity index (χ2n) is 12.1. The van der Waals surface area contributed by atoms with E-state index in [1.807, 2.05) is 0 Å². The molecule has 0 bridgehead atoms. The van der Waals surface area contributed by atoms with Gasteiger partial charge < -0.3 is 14.0 Å². The van der Waals surface area contributed by atoms with Gasteiger partial charge >= 0.3 is 0 Å². The maximum Gasteiger partial charge on any atom is 0.184 e. The summed E-state index contributed by atoms with van der Waals surface area (Å²) in [5, 5.41) is 0. The first-order valence-electron chi connectivity index (χ1n) is 12.6. The van der Waals surface area contributed by atoms with Gasteiger partial charge in [0.25, 0.3) is 0 Å². The zero-order valence-electron chi connectivity index (χ0n) is 20.2. The number of rotatable bonds is 6. The number of hydrogen-bond donors (Lipinski definition) is 0. The molecular weight excluding hydrogens is 388 g/mol. The van der Waals surface area contributed by atoms with Crippen molar-refractivity contribution < 1.29 is 14.0 Å². The van der Waals surface area contributed by atoms with Gasteiger partial charge in [0.1, 0.15) is 6.29 Å². The van der Waals surface area contributed by atoms with Gasteiger partial charge in [0.2, 0.25) is 0 Å². The minimum Gasteiger partial charge on any atom is -0.411 e. The average Bonchev–Trinajstić information content (AvgIpc) is 3.01. The van der Waals surface area contributed by atoms with Crippen molar-refractivity contribution in [1.82, 2.24) is 0 Å². The predicted molar refractivity (Wildman–Crippen MR) is 125 cm³/mol. The van der Waals surface area contributed by atoms with Crippen LogP contribution in [-0.4, -0.2) is 33.4 Å². The summed E-state index contributed by atoms with van der Waals surface area (Å²) in [7, 11) is -1.58. The third kappa shape index (κ3) is 3.69. The largest absolute Gasteiger partial charge is 0.411 e. The van der Waals surface area contributed by atoms with Crippen molar-refractivity contribution in [2.45, 2.75) is 104 Å². The molecule has 4 rings (SSSR count). The lowest BCUT2D eigenvalue weighted by Gasteiger charge is -2.59. The van der Waals surface area contributed by atoms with Crippen LogP contribution in [0.25, 0.3) is 0 Å². The molecular formula is C26H44O3Si. The van der Waals surface area contributed by atoms with Gasteiger partial charge in [-0.3, -0.25) is 0 Å². The molecule has 0 amide bonds. The minimum absolute atomic E-state index is 0.218. The summed E-state index contributed by atoms with van der Waals surface area (Å²) in [5.41, 5.74) is 1.50. The molecule has 0 saturated heterocycles. The first-order chi connectivity index (χ1) is 14.1. The molecule has 4 heteroatoms. The quantitative estimate of drug-likeness (QED) is 0.277. The Labute approximate surface area is 185 Å². The van der Waals surface area contributed by atoms with Crippen LogP contribution in [0.5, 0.6) is 0 Å². The van der Waals surface area contributed by atoms with Crippen LogP contribution in [0.2, 0.25) is 19.6 Å². The van der Waals surface area contributed by atoms with E-state index in [-0.39, 0.29) is 11.5 Å². The molecule has 4 aliphatic rings. The molecule has 0 radical (unpaired) electrons. The van der Waals surface area contributed by atoms with Crippen LogP contribution in [0.15, 0.2) is 11.6 Å². The second kappa shape index (κ2) is 8.15. The topological polar surface area (TPSA) is 35.5 Å². The van der Waals surface area contributed by atoms with E-state index < -0.39 is 8.32 Å². The number of carbonyl (C=O) groups excluding carboxylic acids is 1. The average molecular weight is 433 g/mol. The Morgan fingerprint density at radius 3 is 2.57 bits per heavy atom. The van der Waals surface area contributed by atoms with Crippen molar-refractivity contribution in [3.8, 4) is 0 Å². The highest BCUT2D eigenvalue weighted by atomic mass is 28.4. The zero-order valence-corrected chi connectivity index (χ0v) is 21.2. The molecule has 30 heavy (non-hydrogen) atoms. The summed E-state index contributed by atoms with van der Waals surface area (Å²) in [6.07, 6.45) is 13.5. The van der Waals surface area contributed by atoms with Gasteiger partial charge in [-0.05, 0) is 100 Å². The van der Waals surface area contributed by atoms with Gasteiger partial charge in [-0.1, -0.05) is 32.4 Å². The highest BCUT2D eigenvalue weighted by molar-refractivity contribution is 6.69. The Balaban J connectivity index is 1.62. The van der Waals surface area contributed by atoms with Gasteiger partial charge in [0, 0.05) is 6.61 Å². The molecule has 0 aromatic rings. The van der Waals surface area contributed by atoms with Crippen molar-refractivity contribution in [2.24, 2.45) is 34.5 Å². The van der Waals surface area contributed by atoms with Crippen LogP contribution in [0.3, 0.4) is 0 Å².